The fourth-order valence-electron chi connectivity index (χ4n) is 1.20. The van der Waals surface area contributed by atoms with E-state index < -0.39 is 0 Å². The van der Waals surface area contributed by atoms with E-state index in [2.05, 4.69) is 32.3 Å². The van der Waals surface area contributed by atoms with Gasteiger partial charge >= 0.3 is 0 Å². The lowest BCUT2D eigenvalue weighted by Crippen LogP contribution is -2.22. The lowest BCUT2D eigenvalue weighted by atomic mass is 10.0. The summed E-state index contributed by atoms with van der Waals surface area (Å²) in [6.45, 7) is 14.2. The van der Waals surface area contributed by atoms with Gasteiger partial charge in [-0.15, -0.1) is 13.2 Å². The van der Waals surface area contributed by atoms with Crippen LogP contribution in [0.3, 0.4) is 0 Å². The third-order valence-electron chi connectivity index (χ3n) is 2.11. The first-order valence-electron chi connectivity index (χ1n) is 5.18. The molecule has 0 aliphatic rings. The molecule has 0 fully saturated rings. The summed E-state index contributed by atoms with van der Waals surface area (Å²) in [6, 6.07) is 0. The molecule has 13 heavy (non-hydrogen) atoms. The monoisotopic (exact) mass is 181 g/mol. The molecule has 1 unspecified atom stereocenters. The van der Waals surface area contributed by atoms with Crippen molar-refractivity contribution in [2.45, 2.75) is 33.1 Å². The zero-order valence-corrected chi connectivity index (χ0v) is 9.10. The largest absolute Gasteiger partial charge is 0.316 e. The van der Waals surface area contributed by atoms with E-state index in [1.165, 1.54) is 18.4 Å². The Morgan fingerprint density at radius 1 is 1.54 bits per heavy atom. The molecule has 1 N–H and O–H groups in total. The van der Waals surface area contributed by atoms with Crippen molar-refractivity contribution in [2.75, 3.05) is 13.1 Å². The topological polar surface area (TPSA) is 12.0 Å². The Kier molecular flexibility index (Phi) is 7.71. The Labute approximate surface area is 82.9 Å². The molecule has 0 aromatic rings. The molecule has 0 aliphatic carbocycles. The van der Waals surface area contributed by atoms with Crippen LogP contribution in [0.5, 0.6) is 0 Å². The van der Waals surface area contributed by atoms with Crippen LogP contribution in [-0.4, -0.2) is 13.1 Å². The molecule has 1 heteroatoms. The van der Waals surface area contributed by atoms with Crippen LogP contribution in [0.2, 0.25) is 0 Å². The third-order valence-corrected chi connectivity index (χ3v) is 2.11. The molecule has 0 saturated heterocycles. The van der Waals surface area contributed by atoms with Crippen LogP contribution < -0.4 is 5.32 Å². The van der Waals surface area contributed by atoms with Crippen molar-refractivity contribution in [1.29, 1.82) is 0 Å². The predicted molar refractivity (Wildman–Crippen MR) is 60.9 cm³/mol. The molecule has 0 aromatic carbocycles. The fourth-order valence-corrected chi connectivity index (χ4v) is 1.20. The maximum absolute atomic E-state index is 3.90. The standard InChI is InChI=1S/C12H23N/c1-5-9-13-10-12(6-2)8-7-11(3)4/h6,12-13H,2-3,5,7-10H2,1,4H3. The zero-order valence-electron chi connectivity index (χ0n) is 9.10. The Morgan fingerprint density at radius 3 is 2.69 bits per heavy atom. The Hall–Kier alpha value is -0.560. The zero-order chi connectivity index (χ0) is 10.1. The molecular formula is C12H23N. The van der Waals surface area contributed by atoms with Gasteiger partial charge in [0.15, 0.2) is 0 Å². The number of hydrogen-bond donors (Lipinski definition) is 1. The van der Waals surface area contributed by atoms with Crippen LogP contribution in [0.1, 0.15) is 33.1 Å². The summed E-state index contributed by atoms with van der Waals surface area (Å²) < 4.78 is 0. The molecule has 0 spiro atoms. The van der Waals surface area contributed by atoms with Crippen LogP contribution in [0.25, 0.3) is 0 Å². The summed E-state index contributed by atoms with van der Waals surface area (Å²) in [5.74, 6) is 0.600. The van der Waals surface area contributed by atoms with Gasteiger partial charge in [0.1, 0.15) is 0 Å². The van der Waals surface area contributed by atoms with Crippen LogP contribution >= 0.6 is 0 Å². The summed E-state index contributed by atoms with van der Waals surface area (Å²) in [7, 11) is 0. The lowest BCUT2D eigenvalue weighted by molar-refractivity contribution is 0.523. The Morgan fingerprint density at radius 2 is 2.23 bits per heavy atom. The first-order chi connectivity index (χ1) is 6.20. The van der Waals surface area contributed by atoms with Gasteiger partial charge in [-0.05, 0) is 38.6 Å². The maximum Gasteiger partial charge on any atom is 0.00142 e. The molecule has 76 valence electrons. The number of nitrogens with one attached hydrogen (secondary N) is 1. The van der Waals surface area contributed by atoms with Gasteiger partial charge in [-0.2, -0.15) is 0 Å². The van der Waals surface area contributed by atoms with Crippen LogP contribution in [0.4, 0.5) is 0 Å². The molecule has 1 nitrogen and oxygen atoms in total. The normalized spacial score (nSPS) is 12.5. The molecule has 0 radical (unpaired) electrons. The highest BCUT2D eigenvalue weighted by Crippen LogP contribution is 2.10. The summed E-state index contributed by atoms with van der Waals surface area (Å²) in [5.41, 5.74) is 1.27. The van der Waals surface area contributed by atoms with E-state index in [9.17, 15) is 0 Å². The van der Waals surface area contributed by atoms with Crippen molar-refractivity contribution in [3.8, 4) is 0 Å². The number of hydrogen-bond acceptors (Lipinski definition) is 1. The van der Waals surface area contributed by atoms with E-state index in [-0.39, 0.29) is 0 Å². The van der Waals surface area contributed by atoms with Crippen LogP contribution in [0, 0.1) is 5.92 Å². The van der Waals surface area contributed by atoms with Gasteiger partial charge in [-0.3, -0.25) is 0 Å². The molecular weight excluding hydrogens is 158 g/mol. The molecule has 0 amide bonds. The van der Waals surface area contributed by atoms with E-state index in [0.29, 0.717) is 5.92 Å². The predicted octanol–water partition coefficient (Wildman–Crippen LogP) is 3.14. The molecule has 0 aliphatic heterocycles. The highest BCUT2D eigenvalue weighted by Gasteiger charge is 2.02. The quantitative estimate of drug-likeness (QED) is 0.448. The molecule has 1 atom stereocenters. The minimum atomic E-state index is 0.600. The van der Waals surface area contributed by atoms with Gasteiger partial charge in [-0.1, -0.05) is 18.6 Å². The number of rotatable bonds is 8. The second-order valence-electron chi connectivity index (χ2n) is 3.70. The Bertz CT molecular complexity index is 149. The van der Waals surface area contributed by atoms with E-state index in [4.69, 9.17) is 0 Å². The minimum absolute atomic E-state index is 0.600. The van der Waals surface area contributed by atoms with Gasteiger partial charge < -0.3 is 5.32 Å². The van der Waals surface area contributed by atoms with Crippen molar-refractivity contribution < 1.29 is 0 Å². The summed E-state index contributed by atoms with van der Waals surface area (Å²) >= 11 is 0. The summed E-state index contributed by atoms with van der Waals surface area (Å²) in [4.78, 5) is 0. The smallest absolute Gasteiger partial charge is 0.00142 e. The second kappa shape index (κ2) is 8.06. The van der Waals surface area contributed by atoms with Crippen molar-refractivity contribution >= 4 is 0 Å². The van der Waals surface area contributed by atoms with Crippen molar-refractivity contribution in [2.24, 2.45) is 5.92 Å². The number of allylic oxidation sites excluding steroid dienone is 1. The van der Waals surface area contributed by atoms with Crippen LogP contribution in [0.15, 0.2) is 24.8 Å². The van der Waals surface area contributed by atoms with E-state index in [1.54, 1.807) is 0 Å². The van der Waals surface area contributed by atoms with Gasteiger partial charge in [0.05, 0.1) is 0 Å². The SMILES string of the molecule is C=CC(CCC(=C)C)CNCCC. The molecule has 0 bridgehead atoms. The van der Waals surface area contributed by atoms with Gasteiger partial charge in [0, 0.05) is 6.54 Å². The Balaban J connectivity index is 3.51. The van der Waals surface area contributed by atoms with Gasteiger partial charge in [0.2, 0.25) is 0 Å². The first-order valence-corrected chi connectivity index (χ1v) is 5.18. The van der Waals surface area contributed by atoms with E-state index in [0.717, 1.165) is 19.5 Å². The average molecular weight is 181 g/mol. The highest BCUT2D eigenvalue weighted by atomic mass is 14.8. The van der Waals surface area contributed by atoms with Crippen molar-refractivity contribution in [1.82, 2.24) is 5.32 Å². The molecule has 0 aromatic heterocycles. The van der Waals surface area contributed by atoms with Gasteiger partial charge in [-0.25, -0.2) is 0 Å². The molecule has 0 rings (SSSR count). The third kappa shape index (κ3) is 7.79. The first kappa shape index (κ1) is 12.4. The second-order valence-corrected chi connectivity index (χ2v) is 3.70. The summed E-state index contributed by atoms with van der Waals surface area (Å²) in [6.07, 6.45) is 5.54. The summed E-state index contributed by atoms with van der Waals surface area (Å²) in [5, 5.41) is 3.41. The maximum atomic E-state index is 3.90. The van der Waals surface area contributed by atoms with Gasteiger partial charge in [0.25, 0.3) is 0 Å². The van der Waals surface area contributed by atoms with E-state index >= 15 is 0 Å². The fraction of sp³-hybridized carbons (Fsp3) is 0.667. The molecule has 0 saturated carbocycles. The highest BCUT2D eigenvalue weighted by molar-refractivity contribution is 4.91. The minimum Gasteiger partial charge on any atom is -0.316 e. The molecule has 0 heterocycles. The average Bonchev–Trinajstić information content (AvgIpc) is 2.10. The van der Waals surface area contributed by atoms with E-state index in [1.807, 2.05) is 6.08 Å². The van der Waals surface area contributed by atoms with Crippen LogP contribution in [-0.2, 0) is 0 Å². The van der Waals surface area contributed by atoms with Crippen molar-refractivity contribution in [3.63, 3.8) is 0 Å². The van der Waals surface area contributed by atoms with Crippen molar-refractivity contribution in [3.05, 3.63) is 24.8 Å². The lowest BCUT2D eigenvalue weighted by Gasteiger charge is -2.12.